The Kier molecular flexibility index (Phi) is 5.22. The number of rotatable bonds is 4. The third kappa shape index (κ3) is 3.23. The van der Waals surface area contributed by atoms with Crippen molar-refractivity contribution in [3.8, 4) is 0 Å². The first-order valence-corrected chi connectivity index (χ1v) is 7.06. The number of hydrogen-bond donors (Lipinski definition) is 4. The molecule has 4 N–H and O–H groups in total. The van der Waals surface area contributed by atoms with E-state index in [2.05, 4.69) is 0 Å². The Hall–Kier alpha value is -0.870. The van der Waals surface area contributed by atoms with Gasteiger partial charge in [0, 0.05) is 0 Å². The number of benzene rings is 1. The minimum absolute atomic E-state index is 0.365. The molecule has 1 saturated heterocycles. The third-order valence-corrected chi connectivity index (χ3v) is 3.99. The van der Waals surface area contributed by atoms with Gasteiger partial charge in [0.1, 0.15) is 24.4 Å². The first-order chi connectivity index (χ1) is 9.54. The fourth-order valence-corrected chi connectivity index (χ4v) is 2.64. The van der Waals surface area contributed by atoms with Gasteiger partial charge < -0.3 is 25.2 Å². The van der Waals surface area contributed by atoms with Crippen molar-refractivity contribution in [2.45, 2.75) is 35.6 Å². The topological polar surface area (TPSA) is 116 Å². The minimum atomic E-state index is -1.90. The Balaban J connectivity index is 2.06. The summed E-state index contributed by atoms with van der Waals surface area (Å²) < 4.78 is 22.1. The van der Waals surface area contributed by atoms with Crippen LogP contribution >= 0.6 is 0 Å². The van der Waals surface area contributed by atoms with Crippen molar-refractivity contribution in [1.82, 2.24) is 0 Å². The van der Waals surface area contributed by atoms with E-state index in [4.69, 9.17) is 14.0 Å². The van der Waals surface area contributed by atoms with Gasteiger partial charge in [-0.25, -0.2) is 4.21 Å². The summed E-state index contributed by atoms with van der Waals surface area (Å²) in [6.07, 6.45) is -7.10. The highest BCUT2D eigenvalue weighted by Crippen LogP contribution is 2.23. The van der Waals surface area contributed by atoms with Crippen molar-refractivity contribution in [2.24, 2.45) is 0 Å². The summed E-state index contributed by atoms with van der Waals surface area (Å²) in [7, 11) is 0. The Bertz CT molecular complexity index is 452. The second-order valence-corrected chi connectivity index (χ2v) is 5.47. The average Bonchev–Trinajstić information content (AvgIpc) is 2.48. The van der Waals surface area contributed by atoms with Crippen LogP contribution in [0, 0.1) is 0 Å². The molecule has 0 spiro atoms. The molecule has 1 heterocycles. The van der Waals surface area contributed by atoms with Gasteiger partial charge in [-0.2, -0.15) is 0 Å². The van der Waals surface area contributed by atoms with Crippen molar-refractivity contribution in [3.05, 3.63) is 30.3 Å². The van der Waals surface area contributed by atoms with Gasteiger partial charge in [-0.05, 0) is 12.1 Å². The molecule has 6 atom stereocenters. The number of aliphatic hydroxyl groups excluding tert-OH is 4. The summed E-state index contributed by atoms with van der Waals surface area (Å²) in [6.45, 7) is -0.567. The van der Waals surface area contributed by atoms with Crippen LogP contribution < -0.4 is 0 Å². The predicted octanol–water partition coefficient (Wildman–Crippen LogP) is -1.47. The molecule has 1 aliphatic rings. The van der Waals surface area contributed by atoms with E-state index in [1.54, 1.807) is 30.3 Å². The van der Waals surface area contributed by atoms with Gasteiger partial charge in [-0.1, -0.05) is 18.2 Å². The average molecular weight is 304 g/mol. The lowest BCUT2D eigenvalue weighted by Gasteiger charge is -2.38. The Morgan fingerprint density at radius 3 is 2.35 bits per heavy atom. The van der Waals surface area contributed by atoms with Gasteiger partial charge in [0.15, 0.2) is 11.1 Å². The molecule has 0 aliphatic carbocycles. The summed E-state index contributed by atoms with van der Waals surface area (Å²) >= 11 is -1.90. The van der Waals surface area contributed by atoms with Gasteiger partial charge in [-0.15, -0.1) is 0 Å². The highest BCUT2D eigenvalue weighted by molar-refractivity contribution is 7.80. The molecule has 2 unspecified atom stereocenters. The van der Waals surface area contributed by atoms with E-state index in [1.807, 2.05) is 0 Å². The summed E-state index contributed by atoms with van der Waals surface area (Å²) in [5.41, 5.74) is 0. The van der Waals surface area contributed by atoms with Crippen LogP contribution in [0.1, 0.15) is 0 Å². The first kappa shape index (κ1) is 15.5. The molecule has 112 valence electrons. The summed E-state index contributed by atoms with van der Waals surface area (Å²) in [5.74, 6) is 0. The lowest BCUT2D eigenvalue weighted by atomic mass is 10.00. The quantitative estimate of drug-likeness (QED) is 0.536. The monoisotopic (exact) mass is 304 g/mol. The van der Waals surface area contributed by atoms with Crippen LogP contribution in [0.2, 0.25) is 0 Å². The highest BCUT2D eigenvalue weighted by Gasteiger charge is 2.44. The molecule has 2 rings (SSSR count). The van der Waals surface area contributed by atoms with Crippen molar-refractivity contribution in [1.29, 1.82) is 0 Å². The highest BCUT2D eigenvalue weighted by atomic mass is 32.2. The van der Waals surface area contributed by atoms with Gasteiger partial charge in [-0.3, -0.25) is 4.18 Å². The summed E-state index contributed by atoms with van der Waals surface area (Å²) in [6, 6.07) is 8.22. The predicted molar refractivity (Wildman–Crippen MR) is 67.7 cm³/mol. The molecule has 1 aromatic carbocycles. The van der Waals surface area contributed by atoms with E-state index in [9.17, 15) is 19.5 Å². The molecule has 0 saturated carbocycles. The molecule has 0 bridgehead atoms. The van der Waals surface area contributed by atoms with E-state index >= 15 is 0 Å². The Morgan fingerprint density at radius 1 is 1.10 bits per heavy atom. The minimum Gasteiger partial charge on any atom is -0.394 e. The van der Waals surface area contributed by atoms with Gasteiger partial charge in [0.05, 0.1) is 11.5 Å². The lowest BCUT2D eigenvalue weighted by Crippen LogP contribution is -2.59. The maximum Gasteiger partial charge on any atom is 0.202 e. The molecule has 20 heavy (non-hydrogen) atoms. The van der Waals surface area contributed by atoms with Crippen LogP contribution in [0.25, 0.3) is 0 Å². The van der Waals surface area contributed by atoms with Crippen LogP contribution in [0.3, 0.4) is 0 Å². The Labute approximate surface area is 118 Å². The molecule has 1 aromatic rings. The van der Waals surface area contributed by atoms with Gasteiger partial charge in [0.2, 0.25) is 6.29 Å². The van der Waals surface area contributed by atoms with Crippen molar-refractivity contribution >= 4 is 11.1 Å². The van der Waals surface area contributed by atoms with E-state index in [0.29, 0.717) is 4.90 Å². The number of aliphatic hydroxyl groups is 4. The zero-order chi connectivity index (χ0) is 14.7. The standard InChI is InChI=1S/C12H16O7S/c13-6-8-9(14)10(15)11(16)12(18-8)19-20(17)7-4-2-1-3-5-7/h1-5,8-16H,6H2/t8-,9+,10+,11-,12?,20?/m0/s1. The molecule has 0 radical (unpaired) electrons. The van der Waals surface area contributed by atoms with E-state index in [0.717, 1.165) is 0 Å². The number of hydrogen-bond acceptors (Lipinski definition) is 7. The first-order valence-electron chi connectivity index (χ1n) is 5.99. The van der Waals surface area contributed by atoms with E-state index in [-0.39, 0.29) is 0 Å². The molecule has 1 aliphatic heterocycles. The molecule has 1 fully saturated rings. The molecular formula is C12H16O7S. The van der Waals surface area contributed by atoms with Crippen LogP contribution in [-0.4, -0.2) is 61.9 Å². The molecular weight excluding hydrogens is 288 g/mol. The SMILES string of the molecule is O=S(OC1O[C@@H](CO)[C@@H](O)[C@@H](O)[C@@H]1O)c1ccccc1. The van der Waals surface area contributed by atoms with Crippen LogP contribution in [0.15, 0.2) is 35.2 Å². The van der Waals surface area contributed by atoms with Gasteiger partial charge >= 0.3 is 0 Å². The lowest BCUT2D eigenvalue weighted by molar-refractivity contribution is -0.275. The molecule has 0 amide bonds. The summed E-state index contributed by atoms with van der Waals surface area (Å²) in [4.78, 5) is 0.365. The zero-order valence-electron chi connectivity index (χ0n) is 10.4. The van der Waals surface area contributed by atoms with Gasteiger partial charge in [0.25, 0.3) is 0 Å². The normalized spacial score (nSPS) is 35.7. The molecule has 7 nitrogen and oxygen atoms in total. The van der Waals surface area contributed by atoms with E-state index in [1.165, 1.54) is 0 Å². The van der Waals surface area contributed by atoms with Crippen LogP contribution in [0.4, 0.5) is 0 Å². The fraction of sp³-hybridized carbons (Fsp3) is 0.500. The summed E-state index contributed by atoms with van der Waals surface area (Å²) in [5, 5.41) is 37.9. The smallest absolute Gasteiger partial charge is 0.202 e. The van der Waals surface area contributed by atoms with Crippen molar-refractivity contribution < 1.29 is 33.6 Å². The maximum atomic E-state index is 11.9. The maximum absolute atomic E-state index is 11.9. The molecule has 8 heteroatoms. The van der Waals surface area contributed by atoms with E-state index < -0.39 is 48.4 Å². The van der Waals surface area contributed by atoms with Crippen molar-refractivity contribution in [2.75, 3.05) is 6.61 Å². The van der Waals surface area contributed by atoms with Crippen molar-refractivity contribution in [3.63, 3.8) is 0 Å². The van der Waals surface area contributed by atoms with Crippen LogP contribution in [0.5, 0.6) is 0 Å². The molecule has 0 aromatic heterocycles. The second kappa shape index (κ2) is 6.72. The largest absolute Gasteiger partial charge is 0.394 e. The third-order valence-electron chi connectivity index (χ3n) is 2.97. The zero-order valence-corrected chi connectivity index (χ0v) is 11.2. The fourth-order valence-electron chi connectivity index (χ4n) is 1.82. The van der Waals surface area contributed by atoms with Crippen LogP contribution in [-0.2, 0) is 20.0 Å². The Morgan fingerprint density at radius 2 is 1.75 bits per heavy atom. The second-order valence-electron chi connectivity index (χ2n) is 4.34. The number of ether oxygens (including phenoxy) is 1.